The molecule has 16 nitrogen and oxygen atoms in total. The largest absolute Gasteiger partial charge is 0.462 e. The van der Waals surface area contributed by atoms with Crippen LogP contribution in [0.2, 0.25) is 0 Å². The number of carbonyl (C=O) groups is 1. The molecule has 0 unspecified atom stereocenters. The highest BCUT2D eigenvalue weighted by Crippen LogP contribution is 2.46. The van der Waals surface area contributed by atoms with Crippen molar-refractivity contribution in [2.45, 2.75) is 158 Å². The van der Waals surface area contributed by atoms with E-state index in [1.165, 1.54) is 6.08 Å². The van der Waals surface area contributed by atoms with Gasteiger partial charge >= 0.3 is 5.97 Å². The molecule has 1 spiro atoms. The van der Waals surface area contributed by atoms with Gasteiger partial charge in [0.05, 0.1) is 55.6 Å². The third-order valence-corrected chi connectivity index (χ3v) is 14.7. The van der Waals surface area contributed by atoms with Crippen molar-refractivity contribution in [2.75, 3.05) is 38.9 Å². The van der Waals surface area contributed by atoms with Gasteiger partial charge in [0.15, 0.2) is 28.2 Å². The Hall–Kier alpha value is -2.10. The highest BCUT2D eigenvalue weighted by atomic mass is 32.2. The number of carbonyl (C=O) groups excluding carboxylic acids is 1. The molecule has 7 rings (SSSR count). The van der Waals surface area contributed by atoms with Crippen molar-refractivity contribution in [3.05, 3.63) is 47.1 Å². The fraction of sp³-hybridized carbons (Fsp3) is 0.786. The zero-order valence-corrected chi connectivity index (χ0v) is 35.8. The third-order valence-electron chi connectivity index (χ3n) is 13.0. The highest BCUT2D eigenvalue weighted by molar-refractivity contribution is 7.91. The summed E-state index contributed by atoms with van der Waals surface area (Å²) < 4.78 is 87.6. The summed E-state index contributed by atoms with van der Waals surface area (Å²) in [5, 5.41) is 33.9. The Bertz CT molecular complexity index is 1760. The number of methoxy groups -OCH3 is 2. The number of esters is 1. The van der Waals surface area contributed by atoms with Crippen LogP contribution in [0.3, 0.4) is 0 Å². The summed E-state index contributed by atoms with van der Waals surface area (Å²) >= 11 is 0. The Labute approximate surface area is 346 Å². The Morgan fingerprint density at radius 2 is 1.63 bits per heavy atom. The second kappa shape index (κ2) is 17.9. The van der Waals surface area contributed by atoms with Gasteiger partial charge < -0.3 is 62.7 Å². The first-order valence-corrected chi connectivity index (χ1v) is 22.6. The van der Waals surface area contributed by atoms with Crippen LogP contribution in [0.1, 0.15) is 66.7 Å². The van der Waals surface area contributed by atoms with E-state index in [1.54, 1.807) is 40.2 Å². The lowest BCUT2D eigenvalue weighted by molar-refractivity contribution is -0.318. The molecule has 0 aromatic carbocycles. The van der Waals surface area contributed by atoms with E-state index >= 15 is 0 Å². The molecule has 17 atom stereocenters. The molecule has 2 bridgehead atoms. The van der Waals surface area contributed by atoms with E-state index in [0.29, 0.717) is 30.4 Å². The first kappa shape index (κ1) is 44.9. The van der Waals surface area contributed by atoms with Gasteiger partial charge in [0.1, 0.15) is 47.8 Å². The number of aliphatic hydroxyl groups excluding tert-OH is 2. The predicted molar refractivity (Wildman–Crippen MR) is 209 cm³/mol. The van der Waals surface area contributed by atoms with E-state index in [2.05, 4.69) is 0 Å². The van der Waals surface area contributed by atoms with Gasteiger partial charge in [-0.05, 0) is 50.8 Å². The minimum Gasteiger partial charge on any atom is -0.462 e. The molecule has 3 N–H and O–H groups in total. The van der Waals surface area contributed by atoms with E-state index in [9.17, 15) is 28.5 Å². The zero-order chi connectivity index (χ0) is 42.4. The topological polar surface area (TPSA) is 204 Å². The minimum absolute atomic E-state index is 0.00877. The zero-order valence-electron chi connectivity index (χ0n) is 35.0. The summed E-state index contributed by atoms with van der Waals surface area (Å²) in [6, 6.07) is 0. The fourth-order valence-electron chi connectivity index (χ4n) is 9.77. The summed E-state index contributed by atoms with van der Waals surface area (Å²) in [6.07, 6.45) is 1.56. The Balaban J connectivity index is 1.17. The average Bonchev–Trinajstić information content (AvgIpc) is 3.51. The Kier molecular flexibility index (Phi) is 13.7. The maximum Gasteiger partial charge on any atom is 0.316 e. The normalized spacial score (nSPS) is 49.1. The summed E-state index contributed by atoms with van der Waals surface area (Å²) in [6.45, 7) is 9.20. The molecule has 0 radical (unpaired) electrons. The average molecular weight is 855 g/mol. The van der Waals surface area contributed by atoms with Crippen LogP contribution in [0.15, 0.2) is 47.1 Å². The lowest BCUT2D eigenvalue weighted by Crippen LogP contribution is -2.59. The molecular formula is C42H62O16S. The van der Waals surface area contributed by atoms with Crippen LogP contribution in [0.5, 0.6) is 0 Å². The molecule has 1 aliphatic carbocycles. The van der Waals surface area contributed by atoms with Gasteiger partial charge in [-0.25, -0.2) is 8.42 Å². The van der Waals surface area contributed by atoms with E-state index in [0.717, 1.165) is 5.57 Å². The van der Waals surface area contributed by atoms with Crippen molar-refractivity contribution >= 4 is 15.8 Å². The lowest BCUT2D eigenvalue weighted by atomic mass is 9.71. The van der Waals surface area contributed by atoms with Crippen LogP contribution in [0.25, 0.3) is 0 Å². The van der Waals surface area contributed by atoms with Crippen molar-refractivity contribution in [3.8, 4) is 0 Å². The maximum atomic E-state index is 14.1. The molecule has 0 amide bonds. The van der Waals surface area contributed by atoms with Crippen molar-refractivity contribution in [3.63, 3.8) is 0 Å². The van der Waals surface area contributed by atoms with Gasteiger partial charge in [0.2, 0.25) is 0 Å². The smallest absolute Gasteiger partial charge is 0.316 e. The molecule has 7 aliphatic rings. The summed E-state index contributed by atoms with van der Waals surface area (Å²) in [5.74, 6) is -4.23. The Morgan fingerprint density at radius 3 is 2.36 bits per heavy atom. The molecular weight excluding hydrogens is 793 g/mol. The van der Waals surface area contributed by atoms with Crippen LogP contribution in [0.4, 0.5) is 0 Å². The van der Waals surface area contributed by atoms with Crippen molar-refractivity contribution in [1.82, 2.24) is 0 Å². The molecule has 0 saturated carbocycles. The van der Waals surface area contributed by atoms with Gasteiger partial charge in [-0.15, -0.1) is 0 Å². The van der Waals surface area contributed by atoms with Crippen LogP contribution in [-0.4, -0.2) is 160 Å². The summed E-state index contributed by atoms with van der Waals surface area (Å²) in [4.78, 5) is 14.1. The predicted octanol–water partition coefficient (Wildman–Crippen LogP) is 2.19. The van der Waals surface area contributed by atoms with Crippen LogP contribution >= 0.6 is 0 Å². The first-order chi connectivity index (χ1) is 28.0. The number of allylic oxidation sites excluding steroid dienone is 2. The van der Waals surface area contributed by atoms with Gasteiger partial charge in [0.25, 0.3) is 0 Å². The fourth-order valence-corrected chi connectivity index (χ4v) is 11.2. The standard InChI is InChI=1S/C42H62O16S/c1-22-9-8-10-27-20-51-39-35(43)24(3)15-30(42(27,39)46)40(45)55-29-16-28(58-41(19-29)21-59(47,48)14-13-52-41)12-11-23(2)37(22)56-34-18-32(50-7)38(26(5)54-34)57-33-17-31(49-6)36(44)25(4)53-33/h8-11,15,22,25-26,28-39,43-44,46H,12-14,16-21H2,1-7H3/b9-8+,23-11+,27-10+/t22-,25-,26-,28+,29-,30-,31-,32-,33-,34-,35+,36-,37-,38-,39+,41+,42+/m0/s1. The summed E-state index contributed by atoms with van der Waals surface area (Å²) in [5.41, 5.74) is -0.192. The second-order valence-corrected chi connectivity index (χ2v) is 19.5. The van der Waals surface area contributed by atoms with Crippen molar-refractivity contribution in [2.24, 2.45) is 11.8 Å². The number of hydrogen-bond donors (Lipinski definition) is 3. The maximum absolute atomic E-state index is 14.1. The first-order valence-electron chi connectivity index (χ1n) is 20.8. The van der Waals surface area contributed by atoms with E-state index in [4.69, 9.17) is 47.4 Å². The number of hydrogen-bond acceptors (Lipinski definition) is 16. The van der Waals surface area contributed by atoms with Gasteiger partial charge in [0, 0.05) is 45.8 Å². The molecule has 17 heteroatoms. The second-order valence-electron chi connectivity index (χ2n) is 17.3. The molecule has 59 heavy (non-hydrogen) atoms. The number of rotatable bonds is 6. The lowest BCUT2D eigenvalue weighted by Gasteiger charge is -2.46. The molecule has 6 aliphatic heterocycles. The molecule has 332 valence electrons. The molecule has 0 aromatic heterocycles. The number of sulfone groups is 1. The van der Waals surface area contributed by atoms with Crippen LogP contribution in [-0.2, 0) is 62.0 Å². The SMILES string of the molecule is CO[C@H]1C[C@H](O[C@H]2[C@H](C)O[C@@H](O[C@@H]3/C(C)=C/C[C@@H]4C[C@@H](C[C@]5(CS(=O)(=O)CCO5)O4)OC(=O)[C@@H]4C=C(C)[C@@H](O)[C@H]5OC/C(=C\C=C\[C@@H]3C)[C@]54O)C[C@@H]2OC)O[C@@H](C)[C@@H]1O. The minimum atomic E-state index is -3.52. The monoisotopic (exact) mass is 854 g/mol. The van der Waals surface area contributed by atoms with E-state index < -0.39 is 113 Å². The molecule has 5 saturated heterocycles. The quantitative estimate of drug-likeness (QED) is 0.259. The number of aliphatic hydroxyl groups is 3. The number of ether oxygens (including phenoxy) is 10. The molecule has 6 heterocycles. The molecule has 0 aromatic rings. The van der Waals surface area contributed by atoms with Gasteiger partial charge in [-0.3, -0.25) is 4.79 Å². The van der Waals surface area contributed by atoms with Gasteiger partial charge in [-0.2, -0.15) is 0 Å². The summed E-state index contributed by atoms with van der Waals surface area (Å²) in [7, 11) is -0.360. The molecule has 5 fully saturated rings. The number of fused-ring (bicyclic) bond motifs is 2. The highest BCUT2D eigenvalue weighted by Gasteiger charge is 2.60. The van der Waals surface area contributed by atoms with Gasteiger partial charge in [-0.1, -0.05) is 37.3 Å². The third kappa shape index (κ3) is 9.33. The Morgan fingerprint density at radius 1 is 0.915 bits per heavy atom. The van der Waals surface area contributed by atoms with E-state index in [-0.39, 0.29) is 43.5 Å². The van der Waals surface area contributed by atoms with Crippen molar-refractivity contribution in [1.29, 1.82) is 0 Å². The van der Waals surface area contributed by atoms with Crippen molar-refractivity contribution < 1.29 is 75.9 Å². The van der Waals surface area contributed by atoms with E-state index in [1.807, 2.05) is 32.9 Å². The van der Waals surface area contributed by atoms with Crippen LogP contribution in [0, 0.1) is 11.8 Å². The van der Waals surface area contributed by atoms with Crippen LogP contribution < -0.4 is 0 Å².